The summed E-state index contributed by atoms with van der Waals surface area (Å²) in [7, 11) is -1.78. The minimum atomic E-state index is -4.77. The highest BCUT2D eigenvalue weighted by Gasteiger charge is 2.20. The summed E-state index contributed by atoms with van der Waals surface area (Å²) in [5.74, 6) is 0.313. The SMILES string of the molecule is COc1cccc(C=CC(=O)c2ccccc2OP(=O)(O)O)c1OC. The lowest BCUT2D eigenvalue weighted by atomic mass is 10.1. The second-order valence-corrected chi connectivity index (χ2v) is 6.02. The maximum Gasteiger partial charge on any atom is 0.524 e. The molecule has 0 aromatic heterocycles. The number of hydrogen-bond acceptors (Lipinski definition) is 5. The van der Waals surface area contributed by atoms with Gasteiger partial charge in [0, 0.05) is 5.56 Å². The first-order chi connectivity index (χ1) is 11.9. The largest absolute Gasteiger partial charge is 0.524 e. The third kappa shape index (κ3) is 4.93. The smallest absolute Gasteiger partial charge is 0.493 e. The van der Waals surface area contributed by atoms with E-state index in [1.54, 1.807) is 24.3 Å². The van der Waals surface area contributed by atoms with Crippen molar-refractivity contribution in [3.05, 3.63) is 59.7 Å². The molecule has 0 bridgehead atoms. The monoisotopic (exact) mass is 364 g/mol. The van der Waals surface area contributed by atoms with E-state index in [1.165, 1.54) is 44.6 Å². The highest BCUT2D eigenvalue weighted by Crippen LogP contribution is 2.39. The van der Waals surface area contributed by atoms with E-state index < -0.39 is 13.6 Å². The average molecular weight is 364 g/mol. The molecule has 7 nitrogen and oxygen atoms in total. The Labute approximate surface area is 144 Å². The van der Waals surface area contributed by atoms with Gasteiger partial charge in [-0.3, -0.25) is 14.6 Å². The van der Waals surface area contributed by atoms with Crippen molar-refractivity contribution in [1.29, 1.82) is 0 Å². The molecule has 0 aliphatic rings. The normalized spacial score (nSPS) is 11.4. The summed E-state index contributed by atoms with van der Waals surface area (Å²) >= 11 is 0. The molecule has 0 saturated heterocycles. The van der Waals surface area contributed by atoms with Gasteiger partial charge in [0.15, 0.2) is 17.3 Å². The van der Waals surface area contributed by atoms with Gasteiger partial charge in [-0.25, -0.2) is 4.57 Å². The maximum atomic E-state index is 12.4. The number of hydrogen-bond donors (Lipinski definition) is 2. The summed E-state index contributed by atoms with van der Waals surface area (Å²) < 4.78 is 26.0. The molecule has 0 heterocycles. The Morgan fingerprint density at radius 2 is 1.68 bits per heavy atom. The van der Waals surface area contributed by atoms with Crippen molar-refractivity contribution in [2.45, 2.75) is 0 Å². The van der Waals surface area contributed by atoms with Crippen LogP contribution in [0.3, 0.4) is 0 Å². The van der Waals surface area contributed by atoms with E-state index in [0.717, 1.165) is 0 Å². The summed E-state index contributed by atoms with van der Waals surface area (Å²) in [6.07, 6.45) is 2.79. The van der Waals surface area contributed by atoms with Crippen molar-refractivity contribution < 1.29 is 33.1 Å². The Morgan fingerprint density at radius 1 is 1.00 bits per heavy atom. The lowest BCUT2D eigenvalue weighted by Gasteiger charge is -2.10. The molecule has 132 valence electrons. The summed E-state index contributed by atoms with van der Waals surface area (Å²) in [4.78, 5) is 30.3. The van der Waals surface area contributed by atoms with Gasteiger partial charge in [-0.05, 0) is 30.4 Å². The second-order valence-electron chi connectivity index (χ2n) is 4.86. The highest BCUT2D eigenvalue weighted by atomic mass is 31.2. The number of methoxy groups -OCH3 is 2. The van der Waals surface area contributed by atoms with E-state index in [1.807, 2.05) is 0 Å². The zero-order chi connectivity index (χ0) is 18.4. The standard InChI is InChI=1S/C17H17O7P/c1-22-16-9-5-6-12(17(16)23-2)10-11-14(18)13-7-3-4-8-15(13)24-25(19,20)21/h3-11H,1-2H3,(H2,19,20,21). The molecule has 2 aromatic rings. The van der Waals surface area contributed by atoms with Crippen molar-refractivity contribution >= 4 is 19.7 Å². The van der Waals surface area contributed by atoms with Crippen molar-refractivity contribution in [2.75, 3.05) is 14.2 Å². The molecule has 2 N–H and O–H groups in total. The number of benzene rings is 2. The van der Waals surface area contributed by atoms with Crippen LogP contribution in [0.15, 0.2) is 48.5 Å². The molecular formula is C17H17O7P. The van der Waals surface area contributed by atoms with Gasteiger partial charge in [-0.2, -0.15) is 0 Å². The van der Waals surface area contributed by atoms with Gasteiger partial charge in [0.2, 0.25) is 0 Å². The zero-order valence-electron chi connectivity index (χ0n) is 13.6. The first-order valence-corrected chi connectivity index (χ1v) is 8.66. The number of para-hydroxylation sites is 2. The molecule has 8 heteroatoms. The number of phosphoric ester groups is 1. The molecule has 0 aliphatic heterocycles. The van der Waals surface area contributed by atoms with E-state index in [-0.39, 0.29) is 11.3 Å². The fraction of sp³-hybridized carbons (Fsp3) is 0.118. The van der Waals surface area contributed by atoms with Crippen LogP contribution >= 0.6 is 7.82 Å². The molecule has 25 heavy (non-hydrogen) atoms. The van der Waals surface area contributed by atoms with Crippen molar-refractivity contribution in [3.8, 4) is 17.2 Å². The number of phosphoric acid groups is 1. The van der Waals surface area contributed by atoms with Crippen LogP contribution in [0.4, 0.5) is 0 Å². The number of ketones is 1. The van der Waals surface area contributed by atoms with Crippen molar-refractivity contribution in [1.82, 2.24) is 0 Å². The fourth-order valence-corrected chi connectivity index (χ4v) is 2.59. The maximum absolute atomic E-state index is 12.4. The predicted molar refractivity (Wildman–Crippen MR) is 92.0 cm³/mol. The molecule has 0 amide bonds. The Morgan fingerprint density at radius 3 is 2.32 bits per heavy atom. The molecule has 0 aliphatic carbocycles. The van der Waals surface area contributed by atoms with Crippen LogP contribution in [0.5, 0.6) is 17.2 Å². The molecule has 0 spiro atoms. The first-order valence-electron chi connectivity index (χ1n) is 7.13. The number of carbonyl (C=O) groups excluding carboxylic acids is 1. The van der Waals surface area contributed by atoms with Crippen LogP contribution in [-0.2, 0) is 4.57 Å². The van der Waals surface area contributed by atoms with E-state index in [2.05, 4.69) is 4.52 Å². The molecule has 0 saturated carbocycles. The molecular weight excluding hydrogens is 347 g/mol. The Kier molecular flexibility index (Phi) is 5.98. The van der Waals surface area contributed by atoms with Crippen LogP contribution in [0, 0.1) is 0 Å². The first kappa shape index (κ1) is 18.7. The summed E-state index contributed by atoms with van der Waals surface area (Å²) in [5.41, 5.74) is 0.646. The van der Waals surface area contributed by atoms with Gasteiger partial charge in [-0.15, -0.1) is 0 Å². The third-order valence-electron chi connectivity index (χ3n) is 3.22. The quantitative estimate of drug-likeness (QED) is 0.442. The van der Waals surface area contributed by atoms with Crippen LogP contribution in [-0.4, -0.2) is 29.8 Å². The van der Waals surface area contributed by atoms with Crippen LogP contribution in [0.1, 0.15) is 15.9 Å². The van der Waals surface area contributed by atoms with Gasteiger partial charge in [-0.1, -0.05) is 24.3 Å². The Bertz CT molecular complexity index is 839. The summed E-state index contributed by atoms with van der Waals surface area (Å²) in [6.45, 7) is 0. The average Bonchev–Trinajstić information content (AvgIpc) is 2.58. The van der Waals surface area contributed by atoms with Gasteiger partial charge in [0.1, 0.15) is 5.75 Å². The lowest BCUT2D eigenvalue weighted by molar-refractivity contribution is 0.104. The minimum Gasteiger partial charge on any atom is -0.493 e. The fourth-order valence-electron chi connectivity index (χ4n) is 2.18. The van der Waals surface area contributed by atoms with Crippen LogP contribution < -0.4 is 14.0 Å². The van der Waals surface area contributed by atoms with E-state index in [4.69, 9.17) is 19.3 Å². The molecule has 0 unspecified atom stereocenters. The molecule has 0 radical (unpaired) electrons. The lowest BCUT2D eigenvalue weighted by Crippen LogP contribution is -2.00. The van der Waals surface area contributed by atoms with Crippen LogP contribution in [0.25, 0.3) is 6.08 Å². The number of rotatable bonds is 7. The topological polar surface area (TPSA) is 102 Å². The number of allylic oxidation sites excluding steroid dienone is 1. The van der Waals surface area contributed by atoms with Crippen molar-refractivity contribution in [2.24, 2.45) is 0 Å². The van der Waals surface area contributed by atoms with Crippen LogP contribution in [0.2, 0.25) is 0 Å². The van der Waals surface area contributed by atoms with E-state index in [0.29, 0.717) is 17.1 Å². The minimum absolute atomic E-state index is 0.0314. The van der Waals surface area contributed by atoms with Crippen molar-refractivity contribution in [3.63, 3.8) is 0 Å². The predicted octanol–water partition coefficient (Wildman–Crippen LogP) is 3.07. The summed E-state index contributed by atoms with van der Waals surface area (Å²) in [6, 6.07) is 11.0. The van der Waals surface area contributed by atoms with Gasteiger partial charge in [0.05, 0.1) is 19.8 Å². The van der Waals surface area contributed by atoms with Gasteiger partial charge < -0.3 is 14.0 Å². The molecule has 0 fully saturated rings. The van der Waals surface area contributed by atoms with E-state index >= 15 is 0 Å². The second kappa shape index (κ2) is 7.98. The van der Waals surface area contributed by atoms with E-state index in [9.17, 15) is 9.36 Å². The van der Waals surface area contributed by atoms with Gasteiger partial charge >= 0.3 is 7.82 Å². The molecule has 2 rings (SSSR count). The number of ether oxygens (including phenoxy) is 2. The Balaban J connectivity index is 2.32. The summed E-state index contributed by atoms with van der Waals surface area (Å²) in [5, 5.41) is 0. The Hall–Kier alpha value is -2.60. The number of carbonyl (C=O) groups is 1. The molecule has 2 aromatic carbocycles. The molecule has 0 atom stereocenters. The zero-order valence-corrected chi connectivity index (χ0v) is 14.5. The highest BCUT2D eigenvalue weighted by molar-refractivity contribution is 7.46. The van der Waals surface area contributed by atoms with Gasteiger partial charge in [0.25, 0.3) is 0 Å². The third-order valence-corrected chi connectivity index (χ3v) is 3.65.